The normalized spacial score (nSPS) is 20.4. The van der Waals surface area contributed by atoms with E-state index in [-0.39, 0.29) is 18.0 Å². The molecule has 0 saturated heterocycles. The minimum absolute atomic E-state index is 0.0356. The summed E-state index contributed by atoms with van der Waals surface area (Å²) in [4.78, 5) is 1.64. The van der Waals surface area contributed by atoms with Crippen molar-refractivity contribution in [3.63, 3.8) is 0 Å². The largest absolute Gasteiger partial charge is 0.404 e. The molecule has 1 rings (SSSR count). The Bertz CT molecular complexity index is 204. The van der Waals surface area contributed by atoms with Crippen molar-refractivity contribution >= 4 is 0 Å². The average Bonchev–Trinajstić information content (AvgIpc) is 2.77. The fraction of sp³-hybridized carbons (Fsp3) is 1.00. The van der Waals surface area contributed by atoms with Crippen molar-refractivity contribution in [2.75, 3.05) is 0 Å². The van der Waals surface area contributed by atoms with Crippen molar-refractivity contribution in [2.24, 2.45) is 5.92 Å². The summed E-state index contributed by atoms with van der Waals surface area (Å²) in [6.45, 7) is 6.99. The third kappa shape index (κ3) is 3.10. The van der Waals surface area contributed by atoms with E-state index in [4.69, 9.17) is 0 Å². The van der Waals surface area contributed by atoms with Crippen LogP contribution in [0, 0.1) is 5.92 Å². The quantitative estimate of drug-likeness (QED) is 0.705. The van der Waals surface area contributed by atoms with Crippen molar-refractivity contribution < 1.29 is 13.2 Å². The Morgan fingerprint density at radius 1 is 1.07 bits per heavy atom. The van der Waals surface area contributed by atoms with Crippen LogP contribution in [0.5, 0.6) is 0 Å². The maximum atomic E-state index is 12.9. The van der Waals surface area contributed by atoms with Gasteiger partial charge in [0, 0.05) is 12.1 Å². The summed E-state index contributed by atoms with van der Waals surface area (Å²) in [7, 11) is 0. The molecule has 0 N–H and O–H groups in total. The third-order valence-corrected chi connectivity index (χ3v) is 2.85. The van der Waals surface area contributed by atoms with Crippen LogP contribution >= 0.6 is 0 Å². The first-order chi connectivity index (χ1) is 6.75. The van der Waals surface area contributed by atoms with Crippen molar-refractivity contribution in [3.05, 3.63) is 0 Å². The van der Waals surface area contributed by atoms with Gasteiger partial charge in [-0.15, -0.1) is 0 Å². The lowest BCUT2D eigenvalue weighted by Crippen LogP contribution is -2.53. The molecule has 0 aromatic rings. The Hall–Kier alpha value is -0.250. The third-order valence-electron chi connectivity index (χ3n) is 2.85. The van der Waals surface area contributed by atoms with E-state index in [0.29, 0.717) is 0 Å². The van der Waals surface area contributed by atoms with Crippen LogP contribution in [-0.4, -0.2) is 29.2 Å². The molecule has 0 radical (unpaired) electrons. The van der Waals surface area contributed by atoms with Gasteiger partial charge in [0.2, 0.25) is 0 Å². The molecule has 0 heterocycles. The molecule has 1 aliphatic carbocycles. The highest BCUT2D eigenvalue weighted by molar-refractivity contribution is 4.94. The van der Waals surface area contributed by atoms with E-state index in [1.165, 1.54) is 0 Å². The molecule has 0 aromatic heterocycles. The molecule has 90 valence electrons. The van der Waals surface area contributed by atoms with Crippen molar-refractivity contribution in [3.8, 4) is 0 Å². The molecule has 1 atom stereocenters. The van der Waals surface area contributed by atoms with Gasteiger partial charge in [-0.2, -0.15) is 13.2 Å². The summed E-state index contributed by atoms with van der Waals surface area (Å²) in [5.41, 5.74) is 0. The smallest absolute Gasteiger partial charge is 0.287 e. The van der Waals surface area contributed by atoms with Gasteiger partial charge in [0.15, 0.2) is 0 Å². The monoisotopic (exact) mass is 223 g/mol. The topological polar surface area (TPSA) is 3.24 Å². The maximum absolute atomic E-state index is 12.9. The fourth-order valence-corrected chi connectivity index (χ4v) is 2.23. The Morgan fingerprint density at radius 3 is 1.73 bits per heavy atom. The highest BCUT2D eigenvalue weighted by Crippen LogP contribution is 2.38. The molecule has 0 unspecified atom stereocenters. The summed E-state index contributed by atoms with van der Waals surface area (Å²) in [5, 5.41) is 0. The van der Waals surface area contributed by atoms with Crippen molar-refractivity contribution in [2.45, 2.75) is 64.8 Å². The molecule has 1 nitrogen and oxygen atoms in total. The van der Waals surface area contributed by atoms with Gasteiger partial charge >= 0.3 is 6.18 Å². The van der Waals surface area contributed by atoms with E-state index in [0.717, 1.165) is 12.8 Å². The van der Waals surface area contributed by atoms with Crippen LogP contribution in [0.1, 0.15) is 40.5 Å². The maximum Gasteiger partial charge on any atom is 0.404 e. The summed E-state index contributed by atoms with van der Waals surface area (Å²) >= 11 is 0. The van der Waals surface area contributed by atoms with Crippen LogP contribution in [0.25, 0.3) is 0 Å². The zero-order chi connectivity index (χ0) is 11.8. The van der Waals surface area contributed by atoms with Gasteiger partial charge in [0.1, 0.15) is 6.04 Å². The van der Waals surface area contributed by atoms with Crippen molar-refractivity contribution in [1.82, 2.24) is 4.90 Å². The van der Waals surface area contributed by atoms with Crippen LogP contribution in [-0.2, 0) is 0 Å². The summed E-state index contributed by atoms with van der Waals surface area (Å²) in [5.74, 6) is -0.381. The first kappa shape index (κ1) is 12.8. The zero-order valence-corrected chi connectivity index (χ0v) is 9.80. The van der Waals surface area contributed by atoms with Gasteiger partial charge in [-0.3, -0.25) is 4.90 Å². The number of hydrogen-bond acceptors (Lipinski definition) is 1. The lowest BCUT2D eigenvalue weighted by molar-refractivity contribution is -0.201. The molecule has 0 amide bonds. The van der Waals surface area contributed by atoms with E-state index < -0.39 is 12.2 Å². The molecule has 1 fully saturated rings. The average molecular weight is 223 g/mol. The van der Waals surface area contributed by atoms with E-state index >= 15 is 0 Å². The van der Waals surface area contributed by atoms with Gasteiger partial charge in [0.25, 0.3) is 0 Å². The van der Waals surface area contributed by atoms with Crippen molar-refractivity contribution in [1.29, 1.82) is 0 Å². The predicted octanol–water partition coefficient (Wildman–Crippen LogP) is 3.45. The van der Waals surface area contributed by atoms with Gasteiger partial charge in [-0.1, -0.05) is 13.8 Å². The Balaban J connectivity index is 2.84. The molecule has 1 aliphatic rings. The van der Waals surface area contributed by atoms with E-state index in [2.05, 4.69) is 0 Å². The molecule has 0 bridgehead atoms. The summed E-state index contributed by atoms with van der Waals surface area (Å²) < 4.78 is 38.8. The first-order valence-corrected chi connectivity index (χ1v) is 5.59. The van der Waals surface area contributed by atoms with Gasteiger partial charge in [-0.05, 0) is 32.6 Å². The Morgan fingerprint density at radius 2 is 1.53 bits per heavy atom. The molecule has 4 heteroatoms. The second-order valence-electron chi connectivity index (χ2n) is 5.00. The second-order valence-corrected chi connectivity index (χ2v) is 5.00. The second kappa shape index (κ2) is 4.32. The number of hydrogen-bond donors (Lipinski definition) is 0. The number of rotatable bonds is 4. The van der Waals surface area contributed by atoms with E-state index in [1.807, 2.05) is 13.8 Å². The summed E-state index contributed by atoms with van der Waals surface area (Å²) in [6.07, 6.45) is -2.28. The Kier molecular flexibility index (Phi) is 3.69. The first-order valence-electron chi connectivity index (χ1n) is 5.59. The minimum atomic E-state index is -4.11. The number of nitrogens with zero attached hydrogens (tertiary/aromatic N) is 1. The molecular weight excluding hydrogens is 203 g/mol. The molecular formula is C11H20F3N. The molecule has 0 aliphatic heterocycles. The van der Waals surface area contributed by atoms with Crippen LogP contribution in [0.3, 0.4) is 0 Å². The van der Waals surface area contributed by atoms with E-state index in [9.17, 15) is 13.2 Å². The van der Waals surface area contributed by atoms with Crippen LogP contribution in [0.4, 0.5) is 13.2 Å². The highest BCUT2D eigenvalue weighted by atomic mass is 19.4. The number of halogens is 3. The Labute approximate surface area is 89.6 Å². The minimum Gasteiger partial charge on any atom is -0.287 e. The molecule has 0 spiro atoms. The van der Waals surface area contributed by atoms with E-state index in [1.54, 1.807) is 18.7 Å². The van der Waals surface area contributed by atoms with Crippen LogP contribution in [0.2, 0.25) is 0 Å². The predicted molar refractivity (Wildman–Crippen MR) is 54.7 cm³/mol. The fourth-order valence-electron chi connectivity index (χ4n) is 2.23. The van der Waals surface area contributed by atoms with Gasteiger partial charge in [-0.25, -0.2) is 0 Å². The number of alkyl halides is 3. The van der Waals surface area contributed by atoms with Gasteiger partial charge in [0.05, 0.1) is 0 Å². The molecule has 15 heavy (non-hydrogen) atoms. The van der Waals surface area contributed by atoms with Crippen LogP contribution < -0.4 is 0 Å². The van der Waals surface area contributed by atoms with Crippen LogP contribution in [0.15, 0.2) is 0 Å². The molecule has 0 aromatic carbocycles. The lowest BCUT2D eigenvalue weighted by atomic mass is 10.00. The zero-order valence-electron chi connectivity index (χ0n) is 9.80. The highest BCUT2D eigenvalue weighted by Gasteiger charge is 2.50. The van der Waals surface area contributed by atoms with Gasteiger partial charge < -0.3 is 0 Å². The SMILES string of the molecule is CC(C)[C@H](N(C(C)C)C1CC1)C(F)(F)F. The lowest BCUT2D eigenvalue weighted by Gasteiger charge is -2.38. The standard InChI is InChI=1S/C11H20F3N/c1-7(2)10(11(12,13)14)15(8(3)4)9-5-6-9/h7-10H,5-6H2,1-4H3/t10-/m0/s1. The molecule has 1 saturated carbocycles. The summed E-state index contributed by atoms with van der Waals surface area (Å²) in [6, 6.07) is -1.17.